The Kier molecular flexibility index (Phi) is 2.37. The van der Waals surface area contributed by atoms with E-state index >= 15 is 0 Å². The van der Waals surface area contributed by atoms with Gasteiger partial charge in [0, 0.05) is 17.1 Å². The molecule has 0 fully saturated rings. The van der Waals surface area contributed by atoms with Crippen LogP contribution in [0.4, 0.5) is 0 Å². The highest BCUT2D eigenvalue weighted by molar-refractivity contribution is 5.81. The Morgan fingerprint density at radius 1 is 1.24 bits per heavy atom. The first-order valence-electron chi connectivity index (χ1n) is 5.66. The fourth-order valence-electron chi connectivity index (χ4n) is 2.09. The van der Waals surface area contributed by atoms with Crippen molar-refractivity contribution in [1.29, 1.82) is 0 Å². The third-order valence-corrected chi connectivity index (χ3v) is 2.89. The van der Waals surface area contributed by atoms with Crippen LogP contribution >= 0.6 is 0 Å². The Bertz CT molecular complexity index is 650. The van der Waals surface area contributed by atoms with Gasteiger partial charge in [0.2, 0.25) is 6.33 Å². The Hall–Kier alpha value is -2.16. The minimum absolute atomic E-state index is 0.856. The molecule has 3 nitrogen and oxygen atoms in total. The van der Waals surface area contributed by atoms with E-state index in [0.29, 0.717) is 0 Å². The van der Waals surface area contributed by atoms with Crippen LogP contribution in [-0.2, 0) is 13.6 Å². The molecule has 17 heavy (non-hydrogen) atoms. The molecule has 0 saturated heterocycles. The van der Waals surface area contributed by atoms with E-state index in [1.54, 1.807) is 0 Å². The standard InChI is InChI=1S/C14H14N3/c1-16-8-9-17(11-16)10-13-5-2-4-12-6-3-7-15-14(12)13/h2-9,11H,10H2,1H3/q+1. The van der Waals surface area contributed by atoms with Gasteiger partial charge in [0.05, 0.1) is 12.6 Å². The van der Waals surface area contributed by atoms with Crippen molar-refractivity contribution in [2.75, 3.05) is 0 Å². The van der Waals surface area contributed by atoms with Crippen LogP contribution in [0.5, 0.6) is 0 Å². The molecule has 0 N–H and O–H groups in total. The van der Waals surface area contributed by atoms with E-state index in [2.05, 4.69) is 46.3 Å². The molecule has 0 aliphatic rings. The Morgan fingerprint density at radius 3 is 2.94 bits per heavy atom. The number of aromatic nitrogens is 3. The predicted molar refractivity (Wildman–Crippen MR) is 66.5 cm³/mol. The van der Waals surface area contributed by atoms with E-state index in [1.165, 1.54) is 10.9 Å². The van der Waals surface area contributed by atoms with Crippen molar-refractivity contribution in [1.82, 2.24) is 9.55 Å². The van der Waals surface area contributed by atoms with Gasteiger partial charge in [0.15, 0.2) is 0 Å². The summed E-state index contributed by atoms with van der Waals surface area (Å²) in [7, 11) is 2.03. The van der Waals surface area contributed by atoms with E-state index in [4.69, 9.17) is 0 Å². The average Bonchev–Trinajstić information content (AvgIpc) is 2.75. The second-order valence-electron chi connectivity index (χ2n) is 4.24. The van der Waals surface area contributed by atoms with E-state index in [-0.39, 0.29) is 0 Å². The molecular weight excluding hydrogens is 210 g/mol. The van der Waals surface area contributed by atoms with E-state index in [1.807, 2.05) is 30.1 Å². The Morgan fingerprint density at radius 2 is 2.12 bits per heavy atom. The lowest BCUT2D eigenvalue weighted by Gasteiger charge is -2.02. The van der Waals surface area contributed by atoms with Crippen molar-refractivity contribution >= 4 is 10.9 Å². The summed E-state index contributed by atoms with van der Waals surface area (Å²) in [6, 6.07) is 10.4. The molecular formula is C14H14N3+. The van der Waals surface area contributed by atoms with E-state index in [9.17, 15) is 0 Å². The number of fused-ring (bicyclic) bond motifs is 1. The van der Waals surface area contributed by atoms with Crippen LogP contribution in [0.3, 0.4) is 0 Å². The summed E-state index contributed by atoms with van der Waals surface area (Å²) in [5.74, 6) is 0. The Balaban J connectivity index is 2.05. The zero-order valence-corrected chi connectivity index (χ0v) is 9.74. The zero-order chi connectivity index (χ0) is 11.7. The molecule has 0 atom stereocenters. The largest absolute Gasteiger partial charge is 0.256 e. The van der Waals surface area contributed by atoms with Crippen LogP contribution in [0, 0.1) is 0 Å². The molecule has 84 valence electrons. The summed E-state index contributed by atoms with van der Waals surface area (Å²) < 4.78 is 4.20. The van der Waals surface area contributed by atoms with Gasteiger partial charge in [0.25, 0.3) is 0 Å². The second-order valence-corrected chi connectivity index (χ2v) is 4.24. The summed E-state index contributed by atoms with van der Waals surface area (Å²) in [6.07, 6.45) is 8.03. The van der Waals surface area contributed by atoms with Gasteiger partial charge in [-0.3, -0.25) is 4.98 Å². The smallest absolute Gasteiger partial charge is 0.243 e. The van der Waals surface area contributed by atoms with Gasteiger partial charge in [-0.05, 0) is 6.07 Å². The number of para-hydroxylation sites is 1. The molecule has 0 aliphatic heterocycles. The van der Waals surface area contributed by atoms with Gasteiger partial charge in [0.1, 0.15) is 18.9 Å². The highest BCUT2D eigenvalue weighted by Crippen LogP contribution is 2.16. The maximum atomic E-state index is 4.46. The zero-order valence-electron chi connectivity index (χ0n) is 9.74. The highest BCUT2D eigenvalue weighted by atomic mass is 15.1. The van der Waals surface area contributed by atoms with Crippen LogP contribution in [0.2, 0.25) is 0 Å². The van der Waals surface area contributed by atoms with Crippen molar-refractivity contribution in [3.05, 3.63) is 60.8 Å². The van der Waals surface area contributed by atoms with Crippen LogP contribution in [0.15, 0.2) is 55.2 Å². The summed E-state index contributed by atoms with van der Waals surface area (Å²) in [5.41, 5.74) is 2.34. The van der Waals surface area contributed by atoms with Gasteiger partial charge >= 0.3 is 0 Å². The normalized spacial score (nSPS) is 10.9. The maximum absolute atomic E-state index is 4.46. The number of nitrogens with zero attached hydrogens (tertiary/aromatic N) is 3. The first kappa shape index (κ1) is 10.0. The lowest BCUT2D eigenvalue weighted by Crippen LogP contribution is -2.23. The fourth-order valence-corrected chi connectivity index (χ4v) is 2.09. The molecule has 3 aromatic rings. The second kappa shape index (κ2) is 4.01. The minimum atomic E-state index is 0.856. The molecule has 0 radical (unpaired) electrons. The van der Waals surface area contributed by atoms with Crippen LogP contribution in [0.1, 0.15) is 5.56 Å². The minimum Gasteiger partial charge on any atom is -0.256 e. The van der Waals surface area contributed by atoms with Crippen molar-refractivity contribution in [2.24, 2.45) is 7.05 Å². The molecule has 0 aliphatic carbocycles. The first-order valence-corrected chi connectivity index (χ1v) is 5.66. The van der Waals surface area contributed by atoms with Gasteiger partial charge in [-0.25, -0.2) is 9.13 Å². The van der Waals surface area contributed by atoms with Crippen LogP contribution in [0.25, 0.3) is 10.9 Å². The van der Waals surface area contributed by atoms with Crippen LogP contribution < -0.4 is 4.57 Å². The van der Waals surface area contributed by atoms with Crippen LogP contribution in [-0.4, -0.2) is 9.55 Å². The highest BCUT2D eigenvalue weighted by Gasteiger charge is 2.06. The molecule has 1 aromatic carbocycles. The molecule has 2 aromatic heterocycles. The molecule has 0 saturated carbocycles. The van der Waals surface area contributed by atoms with Gasteiger partial charge in [-0.15, -0.1) is 0 Å². The number of pyridine rings is 1. The third-order valence-electron chi connectivity index (χ3n) is 2.89. The number of benzene rings is 1. The fraction of sp³-hybridized carbons (Fsp3) is 0.143. The molecule has 3 rings (SSSR count). The average molecular weight is 224 g/mol. The summed E-state index contributed by atoms with van der Waals surface area (Å²) >= 11 is 0. The van der Waals surface area contributed by atoms with Crippen molar-refractivity contribution in [2.45, 2.75) is 6.54 Å². The summed E-state index contributed by atoms with van der Waals surface area (Å²) in [4.78, 5) is 4.46. The SMILES string of the molecule is C[n+]1ccn(Cc2cccc3cccnc23)c1. The summed E-state index contributed by atoms with van der Waals surface area (Å²) in [5, 5.41) is 1.20. The lowest BCUT2D eigenvalue weighted by atomic mass is 10.1. The molecule has 0 spiro atoms. The lowest BCUT2D eigenvalue weighted by molar-refractivity contribution is -0.671. The molecule has 0 amide bonds. The first-order chi connectivity index (χ1) is 8.33. The van der Waals surface area contributed by atoms with Gasteiger partial charge in [-0.1, -0.05) is 24.3 Å². The topological polar surface area (TPSA) is 21.7 Å². The molecule has 2 heterocycles. The predicted octanol–water partition coefficient (Wildman–Crippen LogP) is 1.91. The molecule has 0 unspecified atom stereocenters. The summed E-state index contributed by atoms with van der Waals surface area (Å²) in [6.45, 7) is 0.856. The van der Waals surface area contributed by atoms with Gasteiger partial charge < -0.3 is 0 Å². The number of hydrogen-bond donors (Lipinski definition) is 0. The van der Waals surface area contributed by atoms with Gasteiger partial charge in [-0.2, -0.15) is 0 Å². The number of rotatable bonds is 2. The van der Waals surface area contributed by atoms with Crippen molar-refractivity contribution in [3.8, 4) is 0 Å². The van der Waals surface area contributed by atoms with E-state index < -0.39 is 0 Å². The number of hydrogen-bond acceptors (Lipinski definition) is 1. The monoisotopic (exact) mass is 224 g/mol. The van der Waals surface area contributed by atoms with E-state index in [0.717, 1.165) is 12.1 Å². The third kappa shape index (κ3) is 1.91. The number of imidazole rings is 1. The van der Waals surface area contributed by atoms with Crippen molar-refractivity contribution < 1.29 is 4.57 Å². The van der Waals surface area contributed by atoms with Crippen molar-refractivity contribution in [3.63, 3.8) is 0 Å². The molecule has 0 bridgehead atoms. The maximum Gasteiger partial charge on any atom is 0.243 e. The quantitative estimate of drug-likeness (QED) is 0.609. The number of aryl methyl sites for hydroxylation is 1. The molecule has 3 heteroatoms. The Labute approximate surface area is 100.0 Å².